The van der Waals surface area contributed by atoms with Crippen LogP contribution >= 0.6 is 23.2 Å². The first-order chi connectivity index (χ1) is 14.7. The molecule has 4 amide bonds. The third-order valence-electron chi connectivity index (χ3n) is 4.10. The number of barbiturate groups is 1. The van der Waals surface area contributed by atoms with Crippen molar-refractivity contribution >= 4 is 58.8 Å². The van der Waals surface area contributed by atoms with E-state index >= 15 is 0 Å². The van der Waals surface area contributed by atoms with Gasteiger partial charge in [0.05, 0.1) is 22.8 Å². The van der Waals surface area contributed by atoms with Crippen molar-refractivity contribution in [1.29, 1.82) is 0 Å². The number of nitrogens with zero attached hydrogens (tertiary/aromatic N) is 1. The number of carboxylic acid groups (broad SMARTS) is 1. The van der Waals surface area contributed by atoms with Crippen LogP contribution in [0.25, 0.3) is 6.08 Å². The van der Waals surface area contributed by atoms with Crippen LogP contribution in [-0.4, -0.2) is 42.6 Å². The van der Waals surface area contributed by atoms with Crippen LogP contribution in [0.4, 0.5) is 10.5 Å². The van der Waals surface area contributed by atoms with E-state index in [4.69, 9.17) is 37.8 Å². The number of hydrogen-bond donors (Lipinski definition) is 2. The Bertz CT molecular complexity index is 1090. The van der Waals surface area contributed by atoms with Gasteiger partial charge in [-0.05, 0) is 48.0 Å². The zero-order valence-corrected chi connectivity index (χ0v) is 17.4. The summed E-state index contributed by atoms with van der Waals surface area (Å²) in [5.74, 6) is -2.49. The van der Waals surface area contributed by atoms with E-state index in [0.29, 0.717) is 5.75 Å². The van der Waals surface area contributed by atoms with Crippen LogP contribution < -0.4 is 19.7 Å². The molecular formula is C20H14Cl2N2O7. The molecule has 1 saturated heterocycles. The number of hydrogen-bond acceptors (Lipinski definition) is 6. The van der Waals surface area contributed by atoms with Gasteiger partial charge in [0.15, 0.2) is 12.4 Å². The fourth-order valence-electron chi connectivity index (χ4n) is 2.72. The molecule has 3 rings (SSSR count). The predicted octanol–water partition coefficient (Wildman–Crippen LogP) is 3.13. The zero-order valence-electron chi connectivity index (χ0n) is 15.8. The van der Waals surface area contributed by atoms with E-state index in [2.05, 4.69) is 5.32 Å². The number of halogens is 2. The van der Waals surface area contributed by atoms with E-state index in [-0.39, 0.29) is 32.6 Å². The van der Waals surface area contributed by atoms with Crippen molar-refractivity contribution in [3.63, 3.8) is 0 Å². The minimum atomic E-state index is -1.22. The van der Waals surface area contributed by atoms with Crippen LogP contribution in [0, 0.1) is 0 Å². The monoisotopic (exact) mass is 464 g/mol. The average molecular weight is 465 g/mol. The van der Waals surface area contributed by atoms with Gasteiger partial charge < -0.3 is 14.6 Å². The molecule has 31 heavy (non-hydrogen) atoms. The molecule has 11 heteroatoms. The average Bonchev–Trinajstić information content (AvgIpc) is 2.70. The van der Waals surface area contributed by atoms with Gasteiger partial charge in [0, 0.05) is 0 Å². The molecule has 0 aromatic heterocycles. The highest BCUT2D eigenvalue weighted by Gasteiger charge is 2.36. The van der Waals surface area contributed by atoms with E-state index < -0.39 is 30.4 Å². The third kappa shape index (κ3) is 4.79. The van der Waals surface area contributed by atoms with Gasteiger partial charge in [-0.25, -0.2) is 14.5 Å². The zero-order chi connectivity index (χ0) is 22.7. The van der Waals surface area contributed by atoms with E-state index in [1.165, 1.54) is 37.5 Å². The van der Waals surface area contributed by atoms with Crippen molar-refractivity contribution in [3.05, 3.63) is 57.6 Å². The second-order valence-electron chi connectivity index (χ2n) is 6.15. The van der Waals surface area contributed by atoms with E-state index in [1.54, 1.807) is 12.1 Å². The minimum Gasteiger partial charge on any atom is -0.497 e. The topological polar surface area (TPSA) is 122 Å². The molecule has 0 radical (unpaired) electrons. The number of methoxy groups -OCH3 is 1. The molecule has 1 aliphatic rings. The van der Waals surface area contributed by atoms with E-state index in [9.17, 15) is 19.2 Å². The SMILES string of the molecule is COc1ccc(N2C(=O)NC(=O)C(=Cc3cc(Cl)c(OCC(=O)O)c(Cl)c3)C2=O)cc1. The smallest absolute Gasteiger partial charge is 0.341 e. The molecule has 0 unspecified atom stereocenters. The number of anilines is 1. The highest BCUT2D eigenvalue weighted by atomic mass is 35.5. The van der Waals surface area contributed by atoms with Crippen molar-refractivity contribution in [1.82, 2.24) is 5.32 Å². The Morgan fingerprint density at radius 3 is 2.29 bits per heavy atom. The van der Waals surface area contributed by atoms with Gasteiger partial charge in [0.1, 0.15) is 11.3 Å². The van der Waals surface area contributed by atoms with Crippen LogP contribution in [-0.2, 0) is 14.4 Å². The molecule has 0 saturated carbocycles. The van der Waals surface area contributed by atoms with Gasteiger partial charge in [0.25, 0.3) is 11.8 Å². The lowest BCUT2D eigenvalue weighted by Gasteiger charge is -2.26. The van der Waals surface area contributed by atoms with Gasteiger partial charge in [-0.15, -0.1) is 0 Å². The number of urea groups is 1. The Labute approximate surface area is 185 Å². The molecule has 0 spiro atoms. The molecule has 0 bridgehead atoms. The predicted molar refractivity (Wildman–Crippen MR) is 112 cm³/mol. The first-order valence-corrected chi connectivity index (χ1v) is 9.36. The van der Waals surface area contributed by atoms with Crippen LogP contribution in [0.2, 0.25) is 10.0 Å². The molecule has 0 atom stereocenters. The summed E-state index contributed by atoms with van der Waals surface area (Å²) >= 11 is 12.2. The van der Waals surface area contributed by atoms with Gasteiger partial charge in [-0.2, -0.15) is 0 Å². The number of nitrogens with one attached hydrogen (secondary N) is 1. The van der Waals surface area contributed by atoms with Crippen molar-refractivity contribution in [2.45, 2.75) is 0 Å². The number of imide groups is 2. The Hall–Kier alpha value is -3.56. The fourth-order valence-corrected chi connectivity index (χ4v) is 3.34. The van der Waals surface area contributed by atoms with Crippen LogP contribution in [0.3, 0.4) is 0 Å². The lowest BCUT2D eigenvalue weighted by molar-refractivity contribution is -0.139. The summed E-state index contributed by atoms with van der Waals surface area (Å²) in [6.07, 6.45) is 1.21. The summed E-state index contributed by atoms with van der Waals surface area (Å²) in [5, 5.41) is 10.8. The summed E-state index contributed by atoms with van der Waals surface area (Å²) in [6, 6.07) is 7.89. The first-order valence-electron chi connectivity index (χ1n) is 8.60. The van der Waals surface area contributed by atoms with Gasteiger partial charge in [0.2, 0.25) is 0 Å². The van der Waals surface area contributed by atoms with Crippen molar-refractivity contribution < 1.29 is 33.8 Å². The van der Waals surface area contributed by atoms with E-state index in [1.807, 2.05) is 0 Å². The third-order valence-corrected chi connectivity index (χ3v) is 4.67. The maximum Gasteiger partial charge on any atom is 0.341 e. The summed E-state index contributed by atoms with van der Waals surface area (Å²) in [4.78, 5) is 48.9. The molecule has 1 aliphatic heterocycles. The number of carbonyl (C=O) groups excluding carboxylic acids is 3. The Kier molecular flexibility index (Phi) is 6.47. The molecule has 160 valence electrons. The number of aliphatic carboxylic acids is 1. The normalized spacial score (nSPS) is 15.1. The molecule has 2 N–H and O–H groups in total. The number of carboxylic acids is 1. The number of rotatable bonds is 6. The number of ether oxygens (including phenoxy) is 2. The number of amides is 4. The lowest BCUT2D eigenvalue weighted by Crippen LogP contribution is -2.54. The minimum absolute atomic E-state index is 0.0210. The summed E-state index contributed by atoms with van der Waals surface area (Å²) in [5.41, 5.74) is 0.164. The van der Waals surface area contributed by atoms with Gasteiger partial charge >= 0.3 is 12.0 Å². The maximum absolute atomic E-state index is 12.9. The summed E-state index contributed by atoms with van der Waals surface area (Å²) in [6.45, 7) is -0.653. The van der Waals surface area contributed by atoms with Gasteiger partial charge in [-0.1, -0.05) is 23.2 Å². The maximum atomic E-state index is 12.9. The molecule has 2 aromatic rings. The van der Waals surface area contributed by atoms with Crippen molar-refractivity contribution in [2.24, 2.45) is 0 Å². The number of benzene rings is 2. The Morgan fingerprint density at radius 1 is 1.13 bits per heavy atom. The molecular weight excluding hydrogens is 451 g/mol. The highest BCUT2D eigenvalue weighted by molar-refractivity contribution is 6.40. The van der Waals surface area contributed by atoms with Crippen molar-refractivity contribution in [2.75, 3.05) is 18.6 Å². The van der Waals surface area contributed by atoms with E-state index in [0.717, 1.165) is 4.90 Å². The van der Waals surface area contributed by atoms with Crippen LogP contribution in [0.5, 0.6) is 11.5 Å². The molecule has 1 heterocycles. The second-order valence-corrected chi connectivity index (χ2v) is 6.97. The Balaban J connectivity index is 1.95. The number of carbonyl (C=O) groups is 4. The second kappa shape index (κ2) is 9.07. The Morgan fingerprint density at radius 2 is 1.74 bits per heavy atom. The summed E-state index contributed by atoms with van der Waals surface area (Å²) in [7, 11) is 1.47. The van der Waals surface area contributed by atoms with Crippen LogP contribution in [0.1, 0.15) is 5.56 Å². The highest BCUT2D eigenvalue weighted by Crippen LogP contribution is 2.35. The standard InChI is InChI=1S/C20H14Cl2N2O7/c1-30-12-4-2-11(3-5-12)24-19(28)13(18(27)23-20(24)29)6-10-7-14(21)17(15(22)8-10)31-9-16(25)26/h2-8H,9H2,1H3,(H,25,26)(H,23,27,29). The molecule has 0 aliphatic carbocycles. The lowest BCUT2D eigenvalue weighted by atomic mass is 10.1. The summed E-state index contributed by atoms with van der Waals surface area (Å²) < 4.78 is 10.1. The molecule has 2 aromatic carbocycles. The van der Waals surface area contributed by atoms with Crippen LogP contribution in [0.15, 0.2) is 42.0 Å². The first kappa shape index (κ1) is 22.1. The largest absolute Gasteiger partial charge is 0.497 e. The molecule has 1 fully saturated rings. The van der Waals surface area contributed by atoms with Crippen molar-refractivity contribution in [3.8, 4) is 11.5 Å². The van der Waals surface area contributed by atoms with Gasteiger partial charge in [-0.3, -0.25) is 14.9 Å². The quantitative estimate of drug-likeness (QED) is 0.497. The fraction of sp³-hybridized carbons (Fsp3) is 0.100. The molecule has 9 nitrogen and oxygen atoms in total.